The Hall–Kier alpha value is -1.18. The molecule has 7 heteroatoms. The second-order valence-corrected chi connectivity index (χ2v) is 9.31. The normalized spacial score (nSPS) is 19.7. The van der Waals surface area contributed by atoms with Gasteiger partial charge in [-0.15, -0.1) is 0 Å². The molecule has 23 heavy (non-hydrogen) atoms. The fourth-order valence-electron chi connectivity index (χ4n) is 3.11. The molecule has 1 atom stereocenters. The molecule has 1 aromatic carbocycles. The number of anilines is 1. The first kappa shape index (κ1) is 16.7. The number of nitrogens with one attached hydrogen (secondary N) is 1. The van der Waals surface area contributed by atoms with E-state index in [1.807, 2.05) is 0 Å². The third-order valence-electron chi connectivity index (χ3n) is 4.13. The predicted molar refractivity (Wildman–Crippen MR) is 96.9 cm³/mol. The van der Waals surface area contributed by atoms with E-state index in [0.717, 1.165) is 30.0 Å². The fraction of sp³-hybridized carbons (Fsp3) is 0.562. The molecule has 1 fully saturated rings. The Morgan fingerprint density at radius 3 is 2.87 bits per heavy atom. The van der Waals surface area contributed by atoms with Gasteiger partial charge < -0.3 is 4.90 Å². The van der Waals surface area contributed by atoms with E-state index in [9.17, 15) is 8.42 Å². The highest BCUT2D eigenvalue weighted by atomic mass is 32.2. The average molecular weight is 354 g/mol. The summed E-state index contributed by atoms with van der Waals surface area (Å²) in [6.45, 7) is 5.98. The number of aromatic nitrogens is 1. The molecule has 5 nitrogen and oxygen atoms in total. The number of para-hydroxylation sites is 1. The maximum Gasteiger partial charge on any atom is 0.209 e. The smallest absolute Gasteiger partial charge is 0.209 e. The summed E-state index contributed by atoms with van der Waals surface area (Å²) in [7, 11) is -3.17. The quantitative estimate of drug-likeness (QED) is 0.918. The van der Waals surface area contributed by atoms with Crippen LogP contribution in [0.1, 0.15) is 38.2 Å². The molecule has 2 aromatic rings. The standard InChI is InChI=1S/C16H23N3O2S2/c1-11(2)13-7-4-8-14-15(13)17-16(22-14)19-9-5-6-12(10-19)18-23(3,20)21/h4,7-8,11-12,18H,5-6,9-10H2,1-3H3. The lowest BCUT2D eigenvalue weighted by molar-refractivity contribution is 0.467. The van der Waals surface area contributed by atoms with Gasteiger partial charge in [0.05, 0.1) is 16.5 Å². The minimum atomic E-state index is -3.17. The van der Waals surface area contributed by atoms with Crippen LogP contribution in [0.4, 0.5) is 5.13 Å². The van der Waals surface area contributed by atoms with Crippen LogP contribution in [0.3, 0.4) is 0 Å². The molecule has 0 aliphatic carbocycles. The molecule has 2 heterocycles. The van der Waals surface area contributed by atoms with Crippen molar-refractivity contribution in [1.29, 1.82) is 0 Å². The van der Waals surface area contributed by atoms with Crippen LogP contribution >= 0.6 is 11.3 Å². The van der Waals surface area contributed by atoms with Gasteiger partial charge in [0.1, 0.15) is 0 Å². The zero-order valence-corrected chi connectivity index (χ0v) is 15.4. The van der Waals surface area contributed by atoms with E-state index >= 15 is 0 Å². The van der Waals surface area contributed by atoms with Crippen LogP contribution < -0.4 is 9.62 Å². The van der Waals surface area contributed by atoms with Crippen LogP contribution in [-0.2, 0) is 10.0 Å². The van der Waals surface area contributed by atoms with Crippen molar-refractivity contribution in [2.75, 3.05) is 24.2 Å². The van der Waals surface area contributed by atoms with Gasteiger partial charge in [0.2, 0.25) is 10.0 Å². The molecule has 0 saturated carbocycles. The topological polar surface area (TPSA) is 62.3 Å². The third-order valence-corrected chi connectivity index (χ3v) is 5.98. The van der Waals surface area contributed by atoms with E-state index in [1.165, 1.54) is 16.5 Å². The number of hydrogen-bond acceptors (Lipinski definition) is 5. The highest BCUT2D eigenvalue weighted by Crippen LogP contribution is 2.34. The number of fused-ring (bicyclic) bond motifs is 1. The van der Waals surface area contributed by atoms with Crippen molar-refractivity contribution in [2.24, 2.45) is 0 Å². The van der Waals surface area contributed by atoms with Gasteiger partial charge in [0.25, 0.3) is 0 Å². The molecule has 3 rings (SSSR count). The Labute approximate surface area is 141 Å². The molecule has 126 valence electrons. The monoisotopic (exact) mass is 353 g/mol. The summed E-state index contributed by atoms with van der Waals surface area (Å²) in [5.41, 5.74) is 2.36. The van der Waals surface area contributed by atoms with Crippen molar-refractivity contribution in [3.05, 3.63) is 23.8 Å². The Morgan fingerprint density at radius 2 is 2.17 bits per heavy atom. The molecule has 0 spiro atoms. The number of benzene rings is 1. The summed E-state index contributed by atoms with van der Waals surface area (Å²) in [6.07, 6.45) is 3.07. The van der Waals surface area contributed by atoms with Crippen molar-refractivity contribution >= 4 is 36.7 Å². The van der Waals surface area contributed by atoms with E-state index in [0.29, 0.717) is 12.5 Å². The largest absolute Gasteiger partial charge is 0.346 e. The lowest BCUT2D eigenvalue weighted by Gasteiger charge is -2.32. The molecule has 1 saturated heterocycles. The van der Waals surface area contributed by atoms with E-state index in [4.69, 9.17) is 4.98 Å². The van der Waals surface area contributed by atoms with Crippen LogP contribution in [0.15, 0.2) is 18.2 Å². The summed E-state index contributed by atoms with van der Waals surface area (Å²) in [6, 6.07) is 6.30. The first-order valence-corrected chi connectivity index (χ1v) is 10.7. The maximum atomic E-state index is 11.5. The van der Waals surface area contributed by atoms with Crippen LogP contribution in [0, 0.1) is 0 Å². The summed E-state index contributed by atoms with van der Waals surface area (Å²) in [5, 5.41) is 0.994. The highest BCUT2D eigenvalue weighted by Gasteiger charge is 2.24. The van der Waals surface area contributed by atoms with Gasteiger partial charge in [0.15, 0.2) is 5.13 Å². The Kier molecular flexibility index (Phi) is 4.62. The van der Waals surface area contributed by atoms with Gasteiger partial charge in [-0.1, -0.05) is 37.3 Å². The van der Waals surface area contributed by atoms with Gasteiger partial charge in [-0.05, 0) is 30.4 Å². The van der Waals surface area contributed by atoms with E-state index < -0.39 is 10.0 Å². The Morgan fingerprint density at radius 1 is 1.39 bits per heavy atom. The van der Waals surface area contributed by atoms with Gasteiger partial charge in [0, 0.05) is 19.1 Å². The van der Waals surface area contributed by atoms with Gasteiger partial charge in [-0.25, -0.2) is 18.1 Å². The second kappa shape index (κ2) is 6.37. The summed E-state index contributed by atoms with van der Waals surface area (Å²) >= 11 is 1.69. The molecule has 0 bridgehead atoms. The van der Waals surface area contributed by atoms with Crippen molar-refractivity contribution < 1.29 is 8.42 Å². The molecule has 1 aromatic heterocycles. The second-order valence-electron chi connectivity index (χ2n) is 6.52. The van der Waals surface area contributed by atoms with E-state index in [1.54, 1.807) is 11.3 Å². The molecular weight excluding hydrogens is 330 g/mol. The lowest BCUT2D eigenvalue weighted by Crippen LogP contribution is -2.47. The molecule has 1 unspecified atom stereocenters. The zero-order valence-electron chi connectivity index (χ0n) is 13.7. The minimum absolute atomic E-state index is 0.0321. The highest BCUT2D eigenvalue weighted by molar-refractivity contribution is 7.88. The van der Waals surface area contributed by atoms with Gasteiger partial charge >= 0.3 is 0 Å². The third kappa shape index (κ3) is 3.84. The van der Waals surface area contributed by atoms with Crippen LogP contribution in [0.2, 0.25) is 0 Å². The predicted octanol–water partition coefficient (Wildman–Crippen LogP) is 2.94. The Balaban J connectivity index is 1.86. The van der Waals surface area contributed by atoms with Crippen LogP contribution in [0.5, 0.6) is 0 Å². The Bertz CT molecular complexity index is 799. The number of hydrogen-bond donors (Lipinski definition) is 1. The summed E-state index contributed by atoms with van der Waals surface area (Å²) in [5.74, 6) is 0.439. The zero-order chi connectivity index (χ0) is 16.6. The van der Waals surface area contributed by atoms with Crippen molar-refractivity contribution in [2.45, 2.75) is 38.6 Å². The maximum absolute atomic E-state index is 11.5. The van der Waals surface area contributed by atoms with Gasteiger partial charge in [-0.3, -0.25) is 0 Å². The molecular formula is C16H23N3O2S2. The first-order chi connectivity index (χ1) is 10.8. The van der Waals surface area contributed by atoms with E-state index in [2.05, 4.69) is 41.7 Å². The number of sulfonamides is 1. The number of nitrogens with zero attached hydrogens (tertiary/aromatic N) is 2. The van der Waals surface area contributed by atoms with Crippen molar-refractivity contribution in [3.63, 3.8) is 0 Å². The summed E-state index contributed by atoms with van der Waals surface area (Å²) in [4.78, 5) is 7.07. The minimum Gasteiger partial charge on any atom is -0.346 e. The first-order valence-electron chi connectivity index (χ1n) is 7.95. The molecule has 1 aliphatic rings. The molecule has 0 radical (unpaired) electrons. The lowest BCUT2D eigenvalue weighted by atomic mass is 10.0. The number of piperidine rings is 1. The molecule has 1 aliphatic heterocycles. The number of rotatable bonds is 4. The van der Waals surface area contributed by atoms with Crippen LogP contribution in [0.25, 0.3) is 10.2 Å². The van der Waals surface area contributed by atoms with Crippen molar-refractivity contribution in [3.8, 4) is 0 Å². The van der Waals surface area contributed by atoms with Gasteiger partial charge in [-0.2, -0.15) is 0 Å². The SMILES string of the molecule is CC(C)c1cccc2sc(N3CCCC(NS(C)(=O)=O)C3)nc12. The van der Waals surface area contributed by atoms with Crippen molar-refractivity contribution in [1.82, 2.24) is 9.71 Å². The van der Waals surface area contributed by atoms with E-state index in [-0.39, 0.29) is 6.04 Å². The average Bonchev–Trinajstić information content (AvgIpc) is 2.89. The summed E-state index contributed by atoms with van der Waals surface area (Å²) < 4.78 is 26.8. The fourth-order valence-corrected chi connectivity index (χ4v) is 4.94. The molecule has 1 N–H and O–H groups in total. The molecule has 0 amide bonds. The number of thiazole rings is 1. The van der Waals surface area contributed by atoms with Crippen LogP contribution in [-0.4, -0.2) is 38.8 Å².